The number of hydrogen-bond donors (Lipinski definition) is 0. The van der Waals surface area contributed by atoms with Crippen LogP contribution in [0.25, 0.3) is 0 Å². The Kier molecular flexibility index (Phi) is 5.61. The van der Waals surface area contributed by atoms with Crippen molar-refractivity contribution in [3.05, 3.63) is 11.7 Å². The third-order valence-corrected chi connectivity index (χ3v) is 4.74. The van der Waals surface area contributed by atoms with E-state index in [1.807, 2.05) is 4.90 Å². The van der Waals surface area contributed by atoms with E-state index in [-0.39, 0.29) is 5.91 Å². The predicted molar refractivity (Wildman–Crippen MR) is 85.8 cm³/mol. The maximum Gasteiger partial charge on any atom is 0.228 e. The summed E-state index contributed by atoms with van der Waals surface area (Å²) in [4.78, 5) is 23.1. The molecule has 2 aliphatic rings. The van der Waals surface area contributed by atoms with Crippen LogP contribution in [0.15, 0.2) is 4.52 Å². The largest absolute Gasteiger partial charge is 0.342 e. The van der Waals surface area contributed by atoms with E-state index < -0.39 is 0 Å². The smallest absolute Gasteiger partial charge is 0.228 e. The van der Waals surface area contributed by atoms with Crippen LogP contribution in [0.3, 0.4) is 0 Å². The molecule has 0 aliphatic carbocycles. The quantitative estimate of drug-likeness (QED) is 0.798. The van der Waals surface area contributed by atoms with Crippen LogP contribution >= 0.6 is 0 Å². The van der Waals surface area contributed by atoms with Crippen molar-refractivity contribution in [1.82, 2.24) is 24.8 Å². The summed E-state index contributed by atoms with van der Waals surface area (Å²) < 4.78 is 5.35. The molecule has 0 spiro atoms. The van der Waals surface area contributed by atoms with E-state index in [2.05, 4.69) is 27.0 Å². The SMILES string of the molecule is CN1CCN(Cc2noc(CCN3CCCCCC3=O)n2)CC1. The fourth-order valence-electron chi connectivity index (χ4n) is 3.17. The van der Waals surface area contributed by atoms with E-state index in [1.165, 1.54) is 0 Å². The van der Waals surface area contributed by atoms with Crippen LogP contribution in [0.4, 0.5) is 0 Å². The van der Waals surface area contributed by atoms with Crippen molar-refractivity contribution in [2.75, 3.05) is 46.3 Å². The number of aromatic nitrogens is 2. The molecule has 128 valence electrons. The van der Waals surface area contributed by atoms with Gasteiger partial charge in [0.2, 0.25) is 11.8 Å². The number of likely N-dealkylation sites (N-methyl/N-ethyl adjacent to an activating group) is 1. The summed E-state index contributed by atoms with van der Waals surface area (Å²) in [5.74, 6) is 1.66. The van der Waals surface area contributed by atoms with Crippen LogP contribution in [0.5, 0.6) is 0 Å². The van der Waals surface area contributed by atoms with Gasteiger partial charge in [-0.1, -0.05) is 11.6 Å². The molecule has 2 aliphatic heterocycles. The van der Waals surface area contributed by atoms with Gasteiger partial charge in [-0.2, -0.15) is 4.98 Å². The van der Waals surface area contributed by atoms with E-state index in [9.17, 15) is 4.79 Å². The maximum absolute atomic E-state index is 12.0. The Morgan fingerprint density at radius 2 is 1.91 bits per heavy atom. The second kappa shape index (κ2) is 7.88. The lowest BCUT2D eigenvalue weighted by atomic mass is 10.2. The second-order valence-corrected chi connectivity index (χ2v) is 6.63. The summed E-state index contributed by atoms with van der Waals surface area (Å²) >= 11 is 0. The van der Waals surface area contributed by atoms with Crippen molar-refractivity contribution in [1.29, 1.82) is 0 Å². The highest BCUT2D eigenvalue weighted by Gasteiger charge is 2.19. The zero-order chi connectivity index (χ0) is 16.1. The van der Waals surface area contributed by atoms with Crippen LogP contribution in [-0.2, 0) is 17.8 Å². The first-order valence-corrected chi connectivity index (χ1v) is 8.71. The van der Waals surface area contributed by atoms with E-state index in [0.717, 1.165) is 64.4 Å². The molecule has 0 bridgehead atoms. The Hall–Kier alpha value is -1.47. The van der Waals surface area contributed by atoms with Gasteiger partial charge in [-0.05, 0) is 19.9 Å². The van der Waals surface area contributed by atoms with Crippen LogP contribution in [-0.4, -0.2) is 77.1 Å². The Labute approximate surface area is 137 Å². The van der Waals surface area contributed by atoms with E-state index in [0.29, 0.717) is 25.3 Å². The topological polar surface area (TPSA) is 65.7 Å². The van der Waals surface area contributed by atoms with Crippen LogP contribution < -0.4 is 0 Å². The first kappa shape index (κ1) is 16.4. The third kappa shape index (κ3) is 4.75. The molecule has 7 nitrogen and oxygen atoms in total. The molecule has 1 amide bonds. The minimum Gasteiger partial charge on any atom is -0.342 e. The number of piperazine rings is 1. The number of nitrogens with zero attached hydrogens (tertiary/aromatic N) is 5. The molecule has 0 N–H and O–H groups in total. The summed E-state index contributed by atoms with van der Waals surface area (Å²) in [6.45, 7) is 6.56. The molecule has 1 aromatic rings. The second-order valence-electron chi connectivity index (χ2n) is 6.63. The molecule has 7 heteroatoms. The summed E-state index contributed by atoms with van der Waals surface area (Å²) in [6, 6.07) is 0. The number of carbonyl (C=O) groups is 1. The number of carbonyl (C=O) groups excluding carboxylic acids is 1. The normalized spacial score (nSPS) is 21.6. The number of likely N-dealkylation sites (tertiary alicyclic amines) is 1. The maximum atomic E-state index is 12.0. The number of hydrogen-bond acceptors (Lipinski definition) is 6. The van der Waals surface area contributed by atoms with Crippen molar-refractivity contribution < 1.29 is 9.32 Å². The molecule has 3 rings (SSSR count). The average molecular weight is 321 g/mol. The standard InChI is InChI=1S/C16H27N5O2/c1-19-9-11-20(12-10-19)13-14-17-15(23-18-14)6-8-21-7-4-2-3-5-16(21)22/h2-13H2,1H3. The monoisotopic (exact) mass is 321 g/mol. The van der Waals surface area contributed by atoms with Gasteiger partial charge in [-0.25, -0.2) is 0 Å². The van der Waals surface area contributed by atoms with Crippen molar-refractivity contribution in [3.63, 3.8) is 0 Å². The van der Waals surface area contributed by atoms with Gasteiger partial charge < -0.3 is 14.3 Å². The molecular formula is C16H27N5O2. The highest BCUT2D eigenvalue weighted by Crippen LogP contribution is 2.12. The fraction of sp³-hybridized carbons (Fsp3) is 0.812. The van der Waals surface area contributed by atoms with Gasteiger partial charge in [0, 0.05) is 52.1 Å². The first-order chi connectivity index (χ1) is 11.2. The van der Waals surface area contributed by atoms with Gasteiger partial charge in [0.15, 0.2) is 5.82 Å². The minimum atomic E-state index is 0.264. The van der Waals surface area contributed by atoms with Crippen LogP contribution in [0.1, 0.15) is 37.4 Å². The molecule has 3 heterocycles. The van der Waals surface area contributed by atoms with Gasteiger partial charge >= 0.3 is 0 Å². The Morgan fingerprint density at radius 3 is 2.74 bits per heavy atom. The fourth-order valence-corrected chi connectivity index (χ4v) is 3.17. The Balaban J connectivity index is 1.46. The van der Waals surface area contributed by atoms with E-state index in [4.69, 9.17) is 4.52 Å². The lowest BCUT2D eigenvalue weighted by Gasteiger charge is -2.31. The molecule has 0 aromatic carbocycles. The van der Waals surface area contributed by atoms with Crippen LogP contribution in [0, 0.1) is 0 Å². The molecule has 0 unspecified atom stereocenters. The van der Waals surface area contributed by atoms with Crippen molar-refractivity contribution in [2.45, 2.75) is 38.6 Å². The zero-order valence-electron chi connectivity index (χ0n) is 14.0. The molecule has 23 heavy (non-hydrogen) atoms. The van der Waals surface area contributed by atoms with E-state index in [1.54, 1.807) is 0 Å². The summed E-state index contributed by atoms with van der Waals surface area (Å²) in [5, 5.41) is 4.09. The van der Waals surface area contributed by atoms with E-state index >= 15 is 0 Å². The van der Waals surface area contributed by atoms with Crippen molar-refractivity contribution in [3.8, 4) is 0 Å². The van der Waals surface area contributed by atoms with Gasteiger partial charge in [-0.15, -0.1) is 0 Å². The van der Waals surface area contributed by atoms with Crippen LogP contribution in [0.2, 0.25) is 0 Å². The third-order valence-electron chi connectivity index (χ3n) is 4.74. The highest BCUT2D eigenvalue weighted by molar-refractivity contribution is 5.76. The molecule has 2 fully saturated rings. The van der Waals surface area contributed by atoms with Crippen molar-refractivity contribution >= 4 is 5.91 Å². The van der Waals surface area contributed by atoms with Crippen molar-refractivity contribution in [2.24, 2.45) is 0 Å². The Bertz CT molecular complexity index is 510. The molecule has 0 atom stereocenters. The first-order valence-electron chi connectivity index (χ1n) is 8.71. The summed E-state index contributed by atoms with van der Waals surface area (Å²) in [6.07, 6.45) is 4.60. The van der Waals surface area contributed by atoms with Gasteiger partial charge in [0.25, 0.3) is 0 Å². The Morgan fingerprint density at radius 1 is 1.09 bits per heavy atom. The molecule has 1 aromatic heterocycles. The van der Waals surface area contributed by atoms with Gasteiger partial charge in [-0.3, -0.25) is 9.69 Å². The summed E-state index contributed by atoms with van der Waals surface area (Å²) in [5.41, 5.74) is 0. The predicted octanol–water partition coefficient (Wildman–Crippen LogP) is 0.762. The molecular weight excluding hydrogens is 294 g/mol. The van der Waals surface area contributed by atoms with Gasteiger partial charge in [0.05, 0.1) is 6.54 Å². The molecule has 0 radical (unpaired) electrons. The zero-order valence-corrected chi connectivity index (χ0v) is 14.0. The average Bonchev–Trinajstić information content (AvgIpc) is 2.89. The summed E-state index contributed by atoms with van der Waals surface area (Å²) in [7, 11) is 2.15. The minimum absolute atomic E-state index is 0.264. The lowest BCUT2D eigenvalue weighted by Crippen LogP contribution is -2.44. The number of rotatable bonds is 5. The molecule has 2 saturated heterocycles. The number of amides is 1. The molecule has 0 saturated carbocycles. The lowest BCUT2D eigenvalue weighted by molar-refractivity contribution is -0.130. The van der Waals surface area contributed by atoms with Gasteiger partial charge in [0.1, 0.15) is 0 Å². The highest BCUT2D eigenvalue weighted by atomic mass is 16.5.